The van der Waals surface area contributed by atoms with Crippen LogP contribution in [0, 0.1) is 0 Å². The quantitative estimate of drug-likeness (QED) is 0.686. The monoisotopic (exact) mass is 230 g/mol. The van der Waals surface area contributed by atoms with E-state index in [2.05, 4.69) is 19.2 Å². The van der Waals surface area contributed by atoms with Crippen molar-refractivity contribution in [2.45, 2.75) is 52.7 Å². The van der Waals surface area contributed by atoms with Crippen molar-refractivity contribution in [2.24, 2.45) is 0 Å². The van der Waals surface area contributed by atoms with Gasteiger partial charge in [0.1, 0.15) is 0 Å². The molecule has 16 heavy (non-hydrogen) atoms. The summed E-state index contributed by atoms with van der Waals surface area (Å²) < 4.78 is 0. The summed E-state index contributed by atoms with van der Waals surface area (Å²) in [4.78, 5) is 13.5. The van der Waals surface area contributed by atoms with E-state index >= 15 is 0 Å². The molecule has 96 valence electrons. The average Bonchev–Trinajstić information content (AvgIpc) is 2.20. The molecule has 2 N–H and O–H groups in total. The number of hydrogen-bond acceptors (Lipinski definition) is 3. The van der Waals surface area contributed by atoms with Gasteiger partial charge in [0.05, 0.1) is 12.1 Å². The number of amides is 1. The predicted octanol–water partition coefficient (Wildman–Crippen LogP) is 0.994. The van der Waals surface area contributed by atoms with Crippen molar-refractivity contribution in [3.63, 3.8) is 0 Å². The van der Waals surface area contributed by atoms with Gasteiger partial charge in [-0.05, 0) is 34.1 Å². The summed E-state index contributed by atoms with van der Waals surface area (Å²) in [5.41, 5.74) is -0.831. The maximum Gasteiger partial charge on any atom is 0.236 e. The summed E-state index contributed by atoms with van der Waals surface area (Å²) in [6.07, 6.45) is 1.00. The Bertz CT molecular complexity index is 212. The summed E-state index contributed by atoms with van der Waals surface area (Å²) >= 11 is 0. The number of aliphatic hydroxyl groups is 1. The molecule has 0 aromatic carbocycles. The van der Waals surface area contributed by atoms with Gasteiger partial charge in [0, 0.05) is 19.1 Å². The van der Waals surface area contributed by atoms with Gasteiger partial charge in [0.15, 0.2) is 0 Å². The molecule has 0 radical (unpaired) electrons. The van der Waals surface area contributed by atoms with Crippen LogP contribution in [0.15, 0.2) is 0 Å². The smallest absolute Gasteiger partial charge is 0.236 e. The van der Waals surface area contributed by atoms with Crippen LogP contribution >= 0.6 is 0 Å². The van der Waals surface area contributed by atoms with Crippen molar-refractivity contribution in [3.05, 3.63) is 0 Å². The Kier molecular flexibility index (Phi) is 6.60. The highest BCUT2D eigenvalue weighted by molar-refractivity contribution is 5.78. The first-order valence-electron chi connectivity index (χ1n) is 6.03. The first-order valence-corrected chi connectivity index (χ1v) is 6.03. The summed E-state index contributed by atoms with van der Waals surface area (Å²) in [7, 11) is 0. The molecule has 0 fully saturated rings. The minimum atomic E-state index is -0.831. The molecule has 0 rings (SSSR count). The molecular formula is C12H26N2O2. The van der Waals surface area contributed by atoms with Crippen molar-refractivity contribution < 1.29 is 9.90 Å². The Morgan fingerprint density at radius 1 is 1.44 bits per heavy atom. The van der Waals surface area contributed by atoms with Crippen molar-refractivity contribution in [3.8, 4) is 0 Å². The fraction of sp³-hybridized carbons (Fsp3) is 0.917. The number of nitrogens with zero attached hydrogens (tertiary/aromatic N) is 1. The van der Waals surface area contributed by atoms with E-state index < -0.39 is 5.60 Å². The zero-order valence-electron chi connectivity index (χ0n) is 11.2. The number of carbonyl (C=O) groups excluding carboxylic acids is 1. The van der Waals surface area contributed by atoms with Gasteiger partial charge in [-0.2, -0.15) is 0 Å². The van der Waals surface area contributed by atoms with Crippen LogP contribution in [0.4, 0.5) is 0 Å². The largest absolute Gasteiger partial charge is 0.389 e. The Hall–Kier alpha value is -0.610. The van der Waals surface area contributed by atoms with Gasteiger partial charge in [-0.3, -0.25) is 4.79 Å². The van der Waals surface area contributed by atoms with Gasteiger partial charge in [-0.15, -0.1) is 0 Å². The minimum absolute atomic E-state index is 0.0462. The Morgan fingerprint density at radius 3 is 2.38 bits per heavy atom. The standard InChI is InChI=1S/C12H26N2O2/c1-6-10(3)13-8-11(15)14(7-2)9-12(4,5)16/h10,13,16H,6-9H2,1-5H3. The topological polar surface area (TPSA) is 52.6 Å². The van der Waals surface area contributed by atoms with Crippen molar-refractivity contribution in [2.75, 3.05) is 19.6 Å². The highest BCUT2D eigenvalue weighted by atomic mass is 16.3. The second-order valence-electron chi connectivity index (χ2n) is 4.91. The van der Waals surface area contributed by atoms with E-state index in [-0.39, 0.29) is 5.91 Å². The third kappa shape index (κ3) is 6.80. The van der Waals surface area contributed by atoms with Gasteiger partial charge in [0.2, 0.25) is 5.91 Å². The predicted molar refractivity (Wildman–Crippen MR) is 66.3 cm³/mol. The van der Waals surface area contributed by atoms with E-state index in [1.807, 2.05) is 6.92 Å². The van der Waals surface area contributed by atoms with Gasteiger partial charge < -0.3 is 15.3 Å². The van der Waals surface area contributed by atoms with Gasteiger partial charge in [-0.1, -0.05) is 6.92 Å². The van der Waals surface area contributed by atoms with Crippen molar-refractivity contribution in [1.29, 1.82) is 0 Å². The molecular weight excluding hydrogens is 204 g/mol. The molecule has 0 aliphatic heterocycles. The highest BCUT2D eigenvalue weighted by Crippen LogP contribution is 2.04. The molecule has 0 aliphatic carbocycles. The zero-order valence-corrected chi connectivity index (χ0v) is 11.2. The summed E-state index contributed by atoms with van der Waals surface area (Å²) in [6.45, 7) is 10.8. The number of rotatable bonds is 7. The van der Waals surface area contributed by atoms with E-state index in [0.717, 1.165) is 6.42 Å². The van der Waals surface area contributed by atoms with Gasteiger partial charge in [-0.25, -0.2) is 0 Å². The molecule has 0 bridgehead atoms. The lowest BCUT2D eigenvalue weighted by atomic mass is 10.1. The lowest BCUT2D eigenvalue weighted by Gasteiger charge is -2.28. The van der Waals surface area contributed by atoms with Crippen LogP contribution in [0.25, 0.3) is 0 Å². The van der Waals surface area contributed by atoms with Crippen LogP contribution in [0.5, 0.6) is 0 Å². The third-order valence-electron chi connectivity index (χ3n) is 2.53. The van der Waals surface area contributed by atoms with Crippen molar-refractivity contribution >= 4 is 5.91 Å². The molecule has 0 aliphatic rings. The van der Waals surface area contributed by atoms with E-state index in [9.17, 15) is 9.90 Å². The van der Waals surface area contributed by atoms with E-state index in [0.29, 0.717) is 25.7 Å². The van der Waals surface area contributed by atoms with Crippen LogP contribution in [0.3, 0.4) is 0 Å². The number of likely N-dealkylation sites (N-methyl/N-ethyl adjacent to an activating group) is 1. The van der Waals surface area contributed by atoms with Crippen LogP contribution < -0.4 is 5.32 Å². The first-order chi connectivity index (χ1) is 7.30. The fourth-order valence-corrected chi connectivity index (χ4v) is 1.36. The molecule has 0 aromatic rings. The second-order valence-corrected chi connectivity index (χ2v) is 4.91. The zero-order chi connectivity index (χ0) is 12.8. The lowest BCUT2D eigenvalue weighted by Crippen LogP contribution is -2.46. The van der Waals surface area contributed by atoms with Crippen LogP contribution in [-0.4, -0.2) is 47.2 Å². The minimum Gasteiger partial charge on any atom is -0.389 e. The normalized spacial score (nSPS) is 13.6. The number of hydrogen-bond donors (Lipinski definition) is 2. The average molecular weight is 230 g/mol. The molecule has 4 heteroatoms. The third-order valence-corrected chi connectivity index (χ3v) is 2.53. The SMILES string of the molecule is CCC(C)NCC(=O)N(CC)CC(C)(C)O. The molecule has 1 amide bonds. The molecule has 1 atom stereocenters. The number of nitrogens with one attached hydrogen (secondary N) is 1. The molecule has 1 unspecified atom stereocenters. The van der Waals surface area contributed by atoms with Gasteiger partial charge >= 0.3 is 0 Å². The van der Waals surface area contributed by atoms with Crippen LogP contribution in [0.2, 0.25) is 0 Å². The Balaban J connectivity index is 4.11. The molecule has 0 spiro atoms. The first kappa shape index (κ1) is 15.4. The second kappa shape index (κ2) is 6.86. The van der Waals surface area contributed by atoms with E-state index in [1.54, 1.807) is 18.7 Å². The molecule has 0 aromatic heterocycles. The summed E-state index contributed by atoms with van der Waals surface area (Å²) in [5.74, 6) is 0.0462. The van der Waals surface area contributed by atoms with E-state index in [4.69, 9.17) is 0 Å². The molecule has 0 saturated carbocycles. The molecule has 0 heterocycles. The highest BCUT2D eigenvalue weighted by Gasteiger charge is 2.20. The van der Waals surface area contributed by atoms with Crippen LogP contribution in [-0.2, 0) is 4.79 Å². The number of carbonyl (C=O) groups is 1. The Morgan fingerprint density at radius 2 is 2.00 bits per heavy atom. The van der Waals surface area contributed by atoms with Crippen molar-refractivity contribution in [1.82, 2.24) is 10.2 Å². The maximum atomic E-state index is 11.8. The summed E-state index contributed by atoms with van der Waals surface area (Å²) in [6, 6.07) is 0.352. The summed E-state index contributed by atoms with van der Waals surface area (Å²) in [5, 5.41) is 12.8. The van der Waals surface area contributed by atoms with Gasteiger partial charge in [0.25, 0.3) is 0 Å². The maximum absolute atomic E-state index is 11.8. The molecule has 0 saturated heterocycles. The van der Waals surface area contributed by atoms with Crippen LogP contribution in [0.1, 0.15) is 41.0 Å². The fourth-order valence-electron chi connectivity index (χ4n) is 1.36. The molecule has 4 nitrogen and oxygen atoms in total. The lowest BCUT2D eigenvalue weighted by molar-refractivity contribution is -0.133. The Labute approximate surface area is 99.0 Å². The van der Waals surface area contributed by atoms with E-state index in [1.165, 1.54) is 0 Å².